The number of halogens is 2. The van der Waals surface area contributed by atoms with Crippen molar-refractivity contribution in [3.05, 3.63) is 53.5 Å². The van der Waals surface area contributed by atoms with E-state index in [2.05, 4.69) is 30.7 Å². The third kappa shape index (κ3) is 4.69. The van der Waals surface area contributed by atoms with Crippen molar-refractivity contribution in [2.45, 2.75) is 50.6 Å². The summed E-state index contributed by atoms with van der Waals surface area (Å²) in [5.41, 5.74) is 0.337. The van der Waals surface area contributed by atoms with Crippen LogP contribution in [0.5, 0.6) is 0 Å². The van der Waals surface area contributed by atoms with Gasteiger partial charge in [0.2, 0.25) is 11.9 Å². The molecule has 0 bridgehead atoms. The molecule has 5 rings (SSSR count). The minimum Gasteiger partial charge on any atom is -0.381 e. The fraction of sp³-hybridized carbons (Fsp3) is 0.455. The molecule has 1 saturated heterocycles. The van der Waals surface area contributed by atoms with Crippen LogP contribution in [0.2, 0.25) is 0 Å². The first kappa shape index (κ1) is 20.7. The zero-order valence-electron chi connectivity index (χ0n) is 17.8. The third-order valence-corrected chi connectivity index (χ3v) is 5.78. The zero-order chi connectivity index (χ0) is 22.1. The SMILES string of the molecule is CC(Nc1nc(Nc2ccn(C3CCOCC3)n2)nc(C2CC2)n1)c1ccc(F)cc1F. The highest BCUT2D eigenvalue weighted by Gasteiger charge is 2.28. The normalized spacial score (nSPS) is 17.8. The van der Waals surface area contributed by atoms with Crippen LogP contribution >= 0.6 is 0 Å². The highest BCUT2D eigenvalue weighted by Crippen LogP contribution is 2.38. The van der Waals surface area contributed by atoms with Gasteiger partial charge in [0.05, 0.1) is 12.1 Å². The molecule has 10 heteroatoms. The maximum Gasteiger partial charge on any atom is 0.233 e. The van der Waals surface area contributed by atoms with E-state index in [-0.39, 0.29) is 0 Å². The first-order valence-corrected chi connectivity index (χ1v) is 10.9. The molecular formula is C22H25F2N7O. The van der Waals surface area contributed by atoms with Gasteiger partial charge in [-0.05, 0) is 38.7 Å². The van der Waals surface area contributed by atoms with Gasteiger partial charge in [-0.15, -0.1) is 0 Å². The second-order valence-electron chi connectivity index (χ2n) is 8.30. The smallest absolute Gasteiger partial charge is 0.233 e. The molecule has 1 saturated carbocycles. The molecule has 0 spiro atoms. The molecule has 168 valence electrons. The summed E-state index contributed by atoms with van der Waals surface area (Å²) in [6.45, 7) is 3.26. The number of rotatable bonds is 7. The fourth-order valence-corrected chi connectivity index (χ4v) is 3.83. The van der Waals surface area contributed by atoms with Crippen molar-refractivity contribution in [2.24, 2.45) is 0 Å². The number of ether oxygens (including phenoxy) is 1. The number of nitrogens with zero attached hydrogens (tertiary/aromatic N) is 5. The second kappa shape index (κ2) is 8.78. The van der Waals surface area contributed by atoms with Gasteiger partial charge >= 0.3 is 0 Å². The predicted molar refractivity (Wildman–Crippen MR) is 115 cm³/mol. The monoisotopic (exact) mass is 441 g/mol. The molecule has 3 heterocycles. The summed E-state index contributed by atoms with van der Waals surface area (Å²) >= 11 is 0. The first-order valence-electron chi connectivity index (χ1n) is 10.9. The van der Waals surface area contributed by atoms with Crippen molar-refractivity contribution in [3.8, 4) is 0 Å². The van der Waals surface area contributed by atoms with Crippen molar-refractivity contribution in [1.29, 1.82) is 0 Å². The lowest BCUT2D eigenvalue weighted by Crippen LogP contribution is -2.20. The van der Waals surface area contributed by atoms with Crippen LogP contribution in [-0.2, 0) is 4.74 Å². The Bertz CT molecular complexity index is 1100. The zero-order valence-corrected chi connectivity index (χ0v) is 17.8. The molecule has 0 radical (unpaired) electrons. The Balaban J connectivity index is 1.35. The average molecular weight is 441 g/mol. The number of hydrogen-bond donors (Lipinski definition) is 2. The van der Waals surface area contributed by atoms with Crippen LogP contribution in [0.3, 0.4) is 0 Å². The van der Waals surface area contributed by atoms with E-state index in [9.17, 15) is 8.78 Å². The molecule has 3 aromatic rings. The number of nitrogens with one attached hydrogen (secondary N) is 2. The molecular weight excluding hydrogens is 416 g/mol. The van der Waals surface area contributed by atoms with Crippen LogP contribution in [0.15, 0.2) is 30.5 Å². The molecule has 2 N–H and O–H groups in total. The fourth-order valence-electron chi connectivity index (χ4n) is 3.83. The standard InChI is InChI=1S/C22H25F2N7O/c1-13(17-5-4-15(23)12-18(17)24)25-21-27-20(14-2-3-14)28-22(29-21)26-19-6-9-31(30-19)16-7-10-32-11-8-16/h4-6,9,12-14,16H,2-3,7-8,10-11H2,1H3,(H2,25,26,27,28,29,30). The molecule has 2 aromatic heterocycles. The molecule has 8 nitrogen and oxygen atoms in total. The van der Waals surface area contributed by atoms with Gasteiger partial charge < -0.3 is 15.4 Å². The summed E-state index contributed by atoms with van der Waals surface area (Å²) in [5.74, 6) is 1.14. The lowest BCUT2D eigenvalue weighted by Gasteiger charge is -2.22. The van der Waals surface area contributed by atoms with E-state index in [1.165, 1.54) is 12.1 Å². The van der Waals surface area contributed by atoms with Crippen molar-refractivity contribution >= 4 is 17.7 Å². The summed E-state index contributed by atoms with van der Waals surface area (Å²) in [4.78, 5) is 13.5. The van der Waals surface area contributed by atoms with E-state index < -0.39 is 17.7 Å². The topological polar surface area (TPSA) is 89.8 Å². The molecule has 1 aliphatic carbocycles. The van der Waals surface area contributed by atoms with Crippen LogP contribution in [-0.4, -0.2) is 37.9 Å². The quantitative estimate of drug-likeness (QED) is 0.558. The van der Waals surface area contributed by atoms with E-state index in [4.69, 9.17) is 4.74 Å². The molecule has 1 unspecified atom stereocenters. The van der Waals surface area contributed by atoms with E-state index >= 15 is 0 Å². The van der Waals surface area contributed by atoms with Crippen LogP contribution < -0.4 is 10.6 Å². The van der Waals surface area contributed by atoms with Gasteiger partial charge in [-0.2, -0.15) is 20.1 Å². The van der Waals surface area contributed by atoms with E-state index in [1.54, 1.807) is 6.92 Å². The Labute approximate surface area is 184 Å². The molecule has 2 fully saturated rings. The summed E-state index contributed by atoms with van der Waals surface area (Å²) in [6, 6.07) is 5.29. The largest absolute Gasteiger partial charge is 0.381 e. The Kier molecular flexibility index (Phi) is 5.69. The molecule has 1 aliphatic heterocycles. The molecule has 0 amide bonds. The maximum absolute atomic E-state index is 14.2. The van der Waals surface area contributed by atoms with E-state index in [0.717, 1.165) is 45.0 Å². The number of benzene rings is 1. The maximum atomic E-state index is 14.2. The number of aromatic nitrogens is 5. The van der Waals surface area contributed by atoms with Gasteiger partial charge in [0, 0.05) is 43.0 Å². The molecule has 32 heavy (non-hydrogen) atoms. The van der Waals surface area contributed by atoms with E-state index in [0.29, 0.717) is 41.1 Å². The first-order chi connectivity index (χ1) is 15.5. The van der Waals surface area contributed by atoms with Gasteiger partial charge in [-0.1, -0.05) is 6.07 Å². The summed E-state index contributed by atoms with van der Waals surface area (Å²) in [7, 11) is 0. The average Bonchev–Trinajstić information content (AvgIpc) is 3.53. The Morgan fingerprint density at radius 1 is 1.03 bits per heavy atom. The van der Waals surface area contributed by atoms with Crippen LogP contribution in [0.25, 0.3) is 0 Å². The van der Waals surface area contributed by atoms with Crippen molar-refractivity contribution in [3.63, 3.8) is 0 Å². The van der Waals surface area contributed by atoms with Gasteiger partial charge in [0.1, 0.15) is 17.5 Å². The Morgan fingerprint density at radius 2 is 1.81 bits per heavy atom. The Morgan fingerprint density at radius 3 is 2.56 bits per heavy atom. The molecule has 1 atom stereocenters. The van der Waals surface area contributed by atoms with Crippen molar-refractivity contribution < 1.29 is 13.5 Å². The minimum atomic E-state index is -0.613. The lowest BCUT2D eigenvalue weighted by molar-refractivity contribution is 0.0663. The molecule has 1 aromatic carbocycles. The third-order valence-electron chi connectivity index (χ3n) is 5.78. The van der Waals surface area contributed by atoms with Gasteiger partial charge in [-0.25, -0.2) is 8.78 Å². The molecule has 2 aliphatic rings. The number of anilines is 3. The van der Waals surface area contributed by atoms with E-state index in [1.807, 2.05) is 16.9 Å². The van der Waals surface area contributed by atoms with Crippen LogP contribution in [0, 0.1) is 11.6 Å². The predicted octanol–water partition coefficient (Wildman–Crippen LogP) is 4.49. The minimum absolute atomic E-state index is 0.303. The second-order valence-corrected chi connectivity index (χ2v) is 8.30. The summed E-state index contributed by atoms with van der Waals surface area (Å²) in [6.07, 6.45) is 5.88. The van der Waals surface area contributed by atoms with Gasteiger partial charge in [0.25, 0.3) is 0 Å². The van der Waals surface area contributed by atoms with Crippen LogP contribution in [0.1, 0.15) is 62.0 Å². The Hall–Kier alpha value is -3.14. The van der Waals surface area contributed by atoms with Crippen LogP contribution in [0.4, 0.5) is 26.5 Å². The highest BCUT2D eigenvalue weighted by molar-refractivity contribution is 5.49. The van der Waals surface area contributed by atoms with Crippen molar-refractivity contribution in [1.82, 2.24) is 24.7 Å². The summed E-state index contributed by atoms with van der Waals surface area (Å²) < 4.78 is 34.8. The lowest BCUT2D eigenvalue weighted by atomic mass is 10.1. The van der Waals surface area contributed by atoms with Crippen molar-refractivity contribution in [2.75, 3.05) is 23.8 Å². The highest BCUT2D eigenvalue weighted by atomic mass is 19.1. The van der Waals surface area contributed by atoms with Gasteiger partial charge in [0.15, 0.2) is 5.82 Å². The summed E-state index contributed by atoms with van der Waals surface area (Å²) in [5, 5.41) is 10.9. The van der Waals surface area contributed by atoms with Gasteiger partial charge in [-0.3, -0.25) is 4.68 Å². The number of hydrogen-bond acceptors (Lipinski definition) is 7.